The highest BCUT2D eigenvalue weighted by atomic mass is 16.5. The Hall–Kier alpha value is -2.56. The monoisotopic (exact) mass is 299 g/mol. The number of hydrogen-bond acceptors (Lipinski definition) is 4. The van der Waals surface area contributed by atoms with Crippen LogP contribution in [0.2, 0.25) is 0 Å². The van der Waals surface area contributed by atoms with Gasteiger partial charge in [0.2, 0.25) is 12.0 Å². The van der Waals surface area contributed by atoms with Gasteiger partial charge in [-0.15, -0.1) is 0 Å². The summed E-state index contributed by atoms with van der Waals surface area (Å²) in [7, 11) is 0. The first kappa shape index (κ1) is 14.4. The Morgan fingerprint density at radius 1 is 1.36 bits per heavy atom. The fraction of sp³-hybridized carbons (Fsp3) is 0.294. The van der Waals surface area contributed by atoms with Crippen LogP contribution in [0.5, 0.6) is 5.75 Å². The number of benzene rings is 1. The number of carbonyl (C=O) groups is 1. The summed E-state index contributed by atoms with van der Waals surface area (Å²) < 4.78 is 10.8. The second-order valence-corrected chi connectivity index (χ2v) is 5.21. The number of hydrogen-bond donors (Lipinski definition) is 1. The molecule has 0 spiro atoms. The first-order valence-corrected chi connectivity index (χ1v) is 7.32. The highest BCUT2D eigenvalue weighted by Gasteiger charge is 2.20. The number of aromatic nitrogens is 1. The van der Waals surface area contributed by atoms with Crippen LogP contribution in [0.3, 0.4) is 0 Å². The molecule has 0 saturated carbocycles. The predicted octanol–water partition coefficient (Wildman–Crippen LogP) is 3.10. The lowest BCUT2D eigenvalue weighted by molar-refractivity contribution is -0.142. The third kappa shape index (κ3) is 3.19. The van der Waals surface area contributed by atoms with E-state index in [4.69, 9.17) is 9.15 Å². The summed E-state index contributed by atoms with van der Waals surface area (Å²) >= 11 is 0. The highest BCUT2D eigenvalue weighted by Crippen LogP contribution is 2.30. The van der Waals surface area contributed by atoms with Crippen LogP contribution < -0.4 is 4.74 Å². The minimum Gasteiger partial charge on any atom is -0.478 e. The molecule has 0 amide bonds. The fourth-order valence-electron chi connectivity index (χ4n) is 2.65. The molecule has 1 unspecified atom stereocenters. The molecule has 0 radical (unpaired) electrons. The van der Waals surface area contributed by atoms with Crippen molar-refractivity contribution in [3.05, 3.63) is 53.8 Å². The van der Waals surface area contributed by atoms with Gasteiger partial charge < -0.3 is 14.3 Å². The van der Waals surface area contributed by atoms with Crippen molar-refractivity contribution in [2.45, 2.75) is 31.8 Å². The number of aliphatic carboxylic acids is 1. The molecule has 1 aliphatic carbocycles. The lowest BCUT2D eigenvalue weighted by Crippen LogP contribution is -2.25. The molecule has 0 saturated heterocycles. The number of carboxylic acids is 1. The third-order valence-electron chi connectivity index (χ3n) is 3.72. The zero-order valence-corrected chi connectivity index (χ0v) is 12.1. The van der Waals surface area contributed by atoms with Crippen molar-refractivity contribution in [1.29, 1.82) is 0 Å². The van der Waals surface area contributed by atoms with Crippen molar-refractivity contribution in [2.24, 2.45) is 0 Å². The van der Waals surface area contributed by atoms with E-state index in [9.17, 15) is 9.90 Å². The van der Waals surface area contributed by atoms with Crippen LogP contribution in [0.4, 0.5) is 0 Å². The van der Waals surface area contributed by atoms with E-state index in [0.717, 1.165) is 24.8 Å². The molecule has 22 heavy (non-hydrogen) atoms. The maximum Gasteiger partial charge on any atom is 0.349 e. The van der Waals surface area contributed by atoms with E-state index in [1.54, 1.807) is 0 Å². The Balaban J connectivity index is 1.81. The number of fused-ring (bicyclic) bond motifs is 1. The van der Waals surface area contributed by atoms with Crippen molar-refractivity contribution in [1.82, 2.24) is 4.98 Å². The quantitative estimate of drug-likeness (QED) is 0.918. The number of aryl methyl sites for hydroxylation is 1. The van der Waals surface area contributed by atoms with E-state index < -0.39 is 12.1 Å². The standard InChI is InChI=1S/C17H17NO4/c19-17(20)15(8-9-16-18-10-11-21-16)22-14-7-3-5-12-4-1-2-6-13(12)14/h3,5,7-11,15H,1-2,4,6H2,(H,19,20). The normalized spacial score (nSPS) is 15.5. The van der Waals surface area contributed by atoms with E-state index in [0.29, 0.717) is 11.6 Å². The molecule has 1 N–H and O–H groups in total. The van der Waals surface area contributed by atoms with Crippen molar-refractivity contribution >= 4 is 12.0 Å². The molecular weight excluding hydrogens is 282 g/mol. The summed E-state index contributed by atoms with van der Waals surface area (Å²) in [5, 5.41) is 9.34. The molecule has 3 rings (SSSR count). The van der Waals surface area contributed by atoms with Gasteiger partial charge >= 0.3 is 5.97 Å². The van der Waals surface area contributed by atoms with E-state index in [-0.39, 0.29) is 0 Å². The average molecular weight is 299 g/mol. The number of nitrogens with zero attached hydrogens (tertiary/aromatic N) is 1. The van der Waals surface area contributed by atoms with Crippen molar-refractivity contribution < 1.29 is 19.1 Å². The Bertz CT molecular complexity index is 676. The van der Waals surface area contributed by atoms with Crippen molar-refractivity contribution in [3.63, 3.8) is 0 Å². The van der Waals surface area contributed by atoms with Gasteiger partial charge in [0.25, 0.3) is 0 Å². The SMILES string of the molecule is O=C(O)C(C=Cc1ncco1)Oc1cccc2c1CCCC2. The summed E-state index contributed by atoms with van der Waals surface area (Å²) in [4.78, 5) is 15.3. The predicted molar refractivity (Wildman–Crippen MR) is 80.7 cm³/mol. The molecule has 1 aliphatic rings. The van der Waals surface area contributed by atoms with Crippen LogP contribution in [0.1, 0.15) is 29.9 Å². The molecule has 1 aromatic heterocycles. The Morgan fingerprint density at radius 2 is 2.23 bits per heavy atom. The summed E-state index contributed by atoms with van der Waals surface area (Å²) in [6.07, 6.45) is 9.05. The van der Waals surface area contributed by atoms with E-state index >= 15 is 0 Å². The molecule has 5 nitrogen and oxygen atoms in total. The summed E-state index contributed by atoms with van der Waals surface area (Å²) in [5.41, 5.74) is 2.38. The summed E-state index contributed by atoms with van der Waals surface area (Å²) in [5.74, 6) is -0.0391. The van der Waals surface area contributed by atoms with Gasteiger partial charge in [-0.2, -0.15) is 0 Å². The topological polar surface area (TPSA) is 72.6 Å². The van der Waals surface area contributed by atoms with E-state index in [1.807, 2.05) is 12.1 Å². The van der Waals surface area contributed by atoms with Gasteiger partial charge in [-0.1, -0.05) is 12.1 Å². The Morgan fingerprint density at radius 3 is 3.00 bits per heavy atom. The summed E-state index contributed by atoms with van der Waals surface area (Å²) in [6.45, 7) is 0. The smallest absolute Gasteiger partial charge is 0.349 e. The zero-order valence-electron chi connectivity index (χ0n) is 12.1. The molecule has 114 valence electrons. The van der Waals surface area contributed by atoms with Crippen LogP contribution in [-0.4, -0.2) is 22.2 Å². The molecule has 0 bridgehead atoms. The minimum absolute atomic E-state index is 0.352. The van der Waals surface area contributed by atoms with E-state index in [1.165, 1.54) is 36.6 Å². The van der Waals surface area contributed by atoms with Gasteiger partial charge in [0.05, 0.1) is 6.20 Å². The molecule has 2 aromatic rings. The maximum atomic E-state index is 11.4. The molecule has 1 atom stereocenters. The van der Waals surface area contributed by atoms with Gasteiger partial charge in [0.1, 0.15) is 12.0 Å². The third-order valence-corrected chi connectivity index (χ3v) is 3.72. The summed E-state index contributed by atoms with van der Waals surface area (Å²) in [6, 6.07) is 5.83. The van der Waals surface area contributed by atoms with Crippen molar-refractivity contribution in [3.8, 4) is 5.75 Å². The second-order valence-electron chi connectivity index (χ2n) is 5.21. The lowest BCUT2D eigenvalue weighted by atomic mass is 9.91. The Kier molecular flexibility index (Phi) is 4.23. The van der Waals surface area contributed by atoms with Crippen molar-refractivity contribution in [2.75, 3.05) is 0 Å². The number of carboxylic acid groups (broad SMARTS) is 1. The minimum atomic E-state index is -1.07. The number of ether oxygens (including phenoxy) is 1. The average Bonchev–Trinajstić information content (AvgIpc) is 3.04. The van der Waals surface area contributed by atoms with Crippen LogP contribution in [0, 0.1) is 0 Å². The zero-order chi connectivity index (χ0) is 15.4. The van der Waals surface area contributed by atoms with Gasteiger partial charge in [0.15, 0.2) is 0 Å². The van der Waals surface area contributed by atoms with Gasteiger partial charge in [0, 0.05) is 6.08 Å². The molecule has 0 fully saturated rings. The lowest BCUT2D eigenvalue weighted by Gasteiger charge is -2.21. The van der Waals surface area contributed by atoms with Gasteiger partial charge in [-0.05, 0) is 49.0 Å². The van der Waals surface area contributed by atoms with Crippen LogP contribution in [0.25, 0.3) is 6.08 Å². The maximum absolute atomic E-state index is 11.4. The molecule has 1 aromatic carbocycles. The Labute approximate surface area is 128 Å². The first-order valence-electron chi connectivity index (χ1n) is 7.32. The molecular formula is C17H17NO4. The molecule has 5 heteroatoms. The van der Waals surface area contributed by atoms with Crippen LogP contribution >= 0.6 is 0 Å². The largest absolute Gasteiger partial charge is 0.478 e. The van der Waals surface area contributed by atoms with Crippen LogP contribution in [-0.2, 0) is 17.6 Å². The van der Waals surface area contributed by atoms with Crippen LogP contribution in [0.15, 0.2) is 41.2 Å². The number of oxazole rings is 1. The van der Waals surface area contributed by atoms with Gasteiger partial charge in [-0.25, -0.2) is 9.78 Å². The van der Waals surface area contributed by atoms with E-state index in [2.05, 4.69) is 11.1 Å². The fourth-order valence-corrected chi connectivity index (χ4v) is 2.65. The van der Waals surface area contributed by atoms with Gasteiger partial charge in [-0.3, -0.25) is 0 Å². The molecule has 1 heterocycles. The first-order chi connectivity index (χ1) is 10.7. The second kappa shape index (κ2) is 6.47. The molecule has 0 aliphatic heterocycles. The number of rotatable bonds is 5. The highest BCUT2D eigenvalue weighted by molar-refractivity contribution is 5.76.